The molecule has 0 aliphatic carbocycles. The molecule has 40 heavy (non-hydrogen) atoms. The molecule has 1 unspecified atom stereocenters. The molecule has 1 aliphatic rings. The third-order valence-electron chi connectivity index (χ3n) is 6.45. The van der Waals surface area contributed by atoms with Crippen molar-refractivity contribution in [2.45, 2.75) is 33.6 Å². The van der Waals surface area contributed by atoms with Gasteiger partial charge in [0.2, 0.25) is 5.91 Å². The van der Waals surface area contributed by atoms with Gasteiger partial charge in [0.1, 0.15) is 5.75 Å². The average Bonchev–Trinajstić information content (AvgIpc) is 2.94. The third kappa shape index (κ3) is 6.74. The molecule has 8 heteroatoms. The number of nitriles is 1. The number of amides is 2. The van der Waals surface area contributed by atoms with Gasteiger partial charge in [0.25, 0.3) is 5.91 Å². The Morgan fingerprint density at radius 1 is 1.00 bits per heavy atom. The molecule has 0 radical (unpaired) electrons. The van der Waals surface area contributed by atoms with Gasteiger partial charge in [-0.25, -0.2) is 0 Å². The third-order valence-corrected chi connectivity index (χ3v) is 7.47. The van der Waals surface area contributed by atoms with Gasteiger partial charge in [-0.3, -0.25) is 9.59 Å². The van der Waals surface area contributed by atoms with Gasteiger partial charge in [0, 0.05) is 22.6 Å². The van der Waals surface area contributed by atoms with Gasteiger partial charge in [-0.2, -0.15) is 5.26 Å². The highest BCUT2D eigenvalue weighted by Crippen LogP contribution is 2.41. The van der Waals surface area contributed by atoms with Crippen molar-refractivity contribution in [2.24, 2.45) is 0 Å². The quantitative estimate of drug-likeness (QED) is 0.284. The fourth-order valence-electron chi connectivity index (χ4n) is 4.58. The minimum Gasteiger partial charge on any atom is -0.494 e. The Kier molecular flexibility index (Phi) is 9.31. The lowest BCUT2D eigenvalue weighted by atomic mass is 9.82. The predicted octanol–water partition coefficient (Wildman–Crippen LogP) is 6.41. The van der Waals surface area contributed by atoms with Crippen LogP contribution in [0.4, 0.5) is 11.4 Å². The van der Waals surface area contributed by atoms with Crippen LogP contribution in [0.25, 0.3) is 0 Å². The Bertz CT molecular complexity index is 1510. The molecule has 0 aromatic heterocycles. The van der Waals surface area contributed by atoms with E-state index in [1.54, 1.807) is 0 Å². The van der Waals surface area contributed by atoms with Gasteiger partial charge in [-0.1, -0.05) is 59.8 Å². The van der Waals surface area contributed by atoms with Crippen LogP contribution in [0.3, 0.4) is 0 Å². The molecule has 0 bridgehead atoms. The molecule has 1 atom stereocenters. The van der Waals surface area contributed by atoms with E-state index in [1.807, 2.05) is 100 Å². The number of nitrogens with one attached hydrogen (secondary N) is 3. The molecule has 7 nitrogen and oxygen atoms in total. The highest BCUT2D eigenvalue weighted by Gasteiger charge is 2.35. The number of allylic oxidation sites excluding steroid dienone is 2. The zero-order chi connectivity index (χ0) is 28.6. The van der Waals surface area contributed by atoms with E-state index in [0.29, 0.717) is 39.9 Å². The summed E-state index contributed by atoms with van der Waals surface area (Å²) >= 11 is 1.24. The molecule has 0 saturated carbocycles. The molecule has 1 heterocycles. The van der Waals surface area contributed by atoms with Crippen molar-refractivity contribution in [3.63, 3.8) is 0 Å². The zero-order valence-corrected chi connectivity index (χ0v) is 23.8. The molecule has 3 aromatic carbocycles. The van der Waals surface area contributed by atoms with Gasteiger partial charge >= 0.3 is 0 Å². The predicted molar refractivity (Wildman–Crippen MR) is 161 cm³/mol. The minimum absolute atomic E-state index is 0.0929. The SMILES string of the molecule is CCOc1ccc(C2C(C#N)=C(SCC(=O)Nc3ccc(C)cc3C)NC(C)=C2C(=O)Nc2ccccc2)cc1. The van der Waals surface area contributed by atoms with Crippen LogP contribution >= 0.6 is 11.8 Å². The second-order valence-corrected chi connectivity index (χ2v) is 10.4. The van der Waals surface area contributed by atoms with Crippen molar-refractivity contribution in [3.05, 3.63) is 111 Å². The summed E-state index contributed by atoms with van der Waals surface area (Å²) in [7, 11) is 0. The first-order valence-corrected chi connectivity index (χ1v) is 14.0. The van der Waals surface area contributed by atoms with Crippen LogP contribution in [0.15, 0.2) is 94.7 Å². The molecule has 3 N–H and O–H groups in total. The topological polar surface area (TPSA) is 103 Å². The van der Waals surface area contributed by atoms with Gasteiger partial charge < -0.3 is 20.7 Å². The number of carbonyl (C=O) groups is 2. The smallest absolute Gasteiger partial charge is 0.254 e. The number of thioether (sulfide) groups is 1. The number of aryl methyl sites for hydroxylation is 2. The number of hydrogen-bond donors (Lipinski definition) is 3. The van der Waals surface area contributed by atoms with Crippen molar-refractivity contribution in [1.29, 1.82) is 5.26 Å². The van der Waals surface area contributed by atoms with Crippen LogP contribution in [0, 0.1) is 25.2 Å². The van der Waals surface area contributed by atoms with Gasteiger partial charge in [0.15, 0.2) is 0 Å². The Hall–Kier alpha value is -4.48. The molecule has 204 valence electrons. The number of ether oxygens (including phenoxy) is 1. The monoisotopic (exact) mass is 552 g/mol. The summed E-state index contributed by atoms with van der Waals surface area (Å²) in [6.45, 7) is 8.21. The van der Waals surface area contributed by atoms with Crippen molar-refractivity contribution >= 4 is 35.0 Å². The summed E-state index contributed by atoms with van der Waals surface area (Å²) in [5.41, 5.74) is 5.71. The molecule has 0 saturated heterocycles. The van der Waals surface area contributed by atoms with Crippen LogP contribution in [-0.2, 0) is 9.59 Å². The van der Waals surface area contributed by atoms with E-state index >= 15 is 0 Å². The van der Waals surface area contributed by atoms with Crippen LogP contribution < -0.4 is 20.7 Å². The molecular formula is C32H32N4O3S. The average molecular weight is 553 g/mol. The van der Waals surface area contributed by atoms with Crippen molar-refractivity contribution in [3.8, 4) is 11.8 Å². The Labute approximate surface area is 239 Å². The van der Waals surface area contributed by atoms with Crippen molar-refractivity contribution in [2.75, 3.05) is 23.0 Å². The number of para-hydroxylation sites is 1. The summed E-state index contributed by atoms with van der Waals surface area (Å²) in [6, 6.07) is 24.8. The Balaban J connectivity index is 1.63. The summed E-state index contributed by atoms with van der Waals surface area (Å²) < 4.78 is 5.60. The van der Waals surface area contributed by atoms with E-state index in [4.69, 9.17) is 4.74 Å². The maximum Gasteiger partial charge on any atom is 0.254 e. The maximum atomic E-state index is 13.6. The molecule has 0 fully saturated rings. The van der Waals surface area contributed by atoms with E-state index in [9.17, 15) is 14.9 Å². The first kappa shape index (κ1) is 28.5. The second-order valence-electron chi connectivity index (χ2n) is 9.43. The highest BCUT2D eigenvalue weighted by atomic mass is 32.2. The highest BCUT2D eigenvalue weighted by molar-refractivity contribution is 8.03. The van der Waals surface area contributed by atoms with E-state index in [0.717, 1.165) is 22.4 Å². The van der Waals surface area contributed by atoms with Gasteiger partial charge in [-0.15, -0.1) is 0 Å². The van der Waals surface area contributed by atoms with Gasteiger partial charge in [0.05, 0.1) is 34.9 Å². The van der Waals surface area contributed by atoms with E-state index in [2.05, 4.69) is 22.0 Å². The Morgan fingerprint density at radius 3 is 2.38 bits per heavy atom. The summed E-state index contributed by atoms with van der Waals surface area (Å²) in [5, 5.41) is 20.0. The molecule has 0 spiro atoms. The lowest BCUT2D eigenvalue weighted by Crippen LogP contribution is -2.31. The number of anilines is 2. The summed E-state index contributed by atoms with van der Waals surface area (Å²) in [6.07, 6.45) is 0. The molecule has 3 aromatic rings. The molecule has 1 aliphatic heterocycles. The summed E-state index contributed by atoms with van der Waals surface area (Å²) in [4.78, 5) is 26.4. The number of benzene rings is 3. The number of rotatable bonds is 9. The number of carbonyl (C=O) groups excluding carboxylic acids is 2. The van der Waals surface area contributed by atoms with Crippen LogP contribution in [0.2, 0.25) is 0 Å². The lowest BCUT2D eigenvalue weighted by Gasteiger charge is -2.30. The Morgan fingerprint density at radius 2 is 1.73 bits per heavy atom. The van der Waals surface area contributed by atoms with E-state index in [1.165, 1.54) is 11.8 Å². The molecule has 2 amide bonds. The van der Waals surface area contributed by atoms with Crippen molar-refractivity contribution < 1.29 is 14.3 Å². The lowest BCUT2D eigenvalue weighted by molar-refractivity contribution is -0.114. The van der Waals surface area contributed by atoms with Crippen LogP contribution in [0.5, 0.6) is 5.75 Å². The van der Waals surface area contributed by atoms with Crippen LogP contribution in [0.1, 0.15) is 36.5 Å². The second kappa shape index (κ2) is 13.0. The fourth-order valence-corrected chi connectivity index (χ4v) is 5.47. The van der Waals surface area contributed by atoms with E-state index in [-0.39, 0.29) is 17.6 Å². The maximum absolute atomic E-state index is 13.6. The first-order chi connectivity index (χ1) is 19.3. The van der Waals surface area contributed by atoms with Gasteiger partial charge in [-0.05, 0) is 69.2 Å². The summed E-state index contributed by atoms with van der Waals surface area (Å²) in [5.74, 6) is -0.322. The minimum atomic E-state index is -0.629. The first-order valence-electron chi connectivity index (χ1n) is 13.0. The molecular weight excluding hydrogens is 520 g/mol. The molecule has 4 rings (SSSR count). The normalized spacial score (nSPS) is 14.7. The largest absolute Gasteiger partial charge is 0.494 e. The number of nitrogens with zero attached hydrogens (tertiary/aromatic N) is 1. The van der Waals surface area contributed by atoms with E-state index < -0.39 is 5.92 Å². The van der Waals surface area contributed by atoms with Crippen molar-refractivity contribution in [1.82, 2.24) is 5.32 Å². The standard InChI is InChI=1S/C32H32N4O3S/c1-5-39-25-14-12-23(13-15-25)30-26(18-33)32(40-19-28(37)36-27-16-11-20(2)17-21(27)3)34-22(4)29(30)31(38)35-24-9-7-6-8-10-24/h6-17,30,34H,5,19H2,1-4H3,(H,35,38)(H,36,37). The van der Waals surface area contributed by atoms with Crippen LogP contribution in [-0.4, -0.2) is 24.2 Å². The number of hydrogen-bond acceptors (Lipinski definition) is 6. The fraction of sp³-hybridized carbons (Fsp3) is 0.219. The number of dihydropyridines is 1. The zero-order valence-electron chi connectivity index (χ0n) is 23.0.